The van der Waals surface area contributed by atoms with Crippen LogP contribution in [-0.2, 0) is 13.5 Å². The SMILES string of the molecule is CCCc1nn(C)c(C2CCNCC2)c1Br. The standard InChI is InChI=1S/C12H20BrN3/c1-3-4-10-11(13)12(16(2)15-10)9-5-7-14-8-6-9/h9,14H,3-8H2,1-2H3. The predicted octanol–water partition coefficient (Wildman–Crippen LogP) is 2.60. The predicted molar refractivity (Wildman–Crippen MR) is 69.7 cm³/mol. The quantitative estimate of drug-likeness (QED) is 0.925. The molecule has 0 unspecified atom stereocenters. The Labute approximate surface area is 106 Å². The van der Waals surface area contributed by atoms with Crippen molar-refractivity contribution in [3.63, 3.8) is 0 Å². The summed E-state index contributed by atoms with van der Waals surface area (Å²) in [6.07, 6.45) is 4.67. The molecule has 0 aromatic carbocycles. The number of hydrogen-bond donors (Lipinski definition) is 1. The minimum absolute atomic E-state index is 0.665. The van der Waals surface area contributed by atoms with E-state index in [4.69, 9.17) is 0 Å². The number of hydrogen-bond acceptors (Lipinski definition) is 2. The number of rotatable bonds is 3. The highest BCUT2D eigenvalue weighted by Gasteiger charge is 2.23. The van der Waals surface area contributed by atoms with Crippen molar-refractivity contribution in [1.82, 2.24) is 15.1 Å². The molecule has 1 saturated heterocycles. The molecule has 0 spiro atoms. The van der Waals surface area contributed by atoms with Crippen molar-refractivity contribution in [3.05, 3.63) is 15.9 Å². The van der Waals surface area contributed by atoms with Crippen LogP contribution < -0.4 is 5.32 Å². The van der Waals surface area contributed by atoms with Gasteiger partial charge < -0.3 is 5.32 Å². The molecule has 1 aliphatic heterocycles. The van der Waals surface area contributed by atoms with Crippen molar-refractivity contribution in [2.45, 2.75) is 38.5 Å². The van der Waals surface area contributed by atoms with Gasteiger partial charge in [-0.15, -0.1) is 0 Å². The van der Waals surface area contributed by atoms with Crippen LogP contribution in [0.4, 0.5) is 0 Å². The second kappa shape index (κ2) is 5.32. The normalized spacial score (nSPS) is 17.9. The van der Waals surface area contributed by atoms with E-state index in [1.807, 2.05) is 0 Å². The molecule has 0 bridgehead atoms. The molecular formula is C12H20BrN3. The molecule has 90 valence electrons. The largest absolute Gasteiger partial charge is 0.317 e. The third-order valence-corrected chi connectivity index (χ3v) is 4.17. The molecule has 1 N–H and O–H groups in total. The fraction of sp³-hybridized carbons (Fsp3) is 0.750. The summed E-state index contributed by atoms with van der Waals surface area (Å²) in [5, 5.41) is 8.03. The van der Waals surface area contributed by atoms with E-state index in [1.165, 1.54) is 28.7 Å². The lowest BCUT2D eigenvalue weighted by Crippen LogP contribution is -2.27. The van der Waals surface area contributed by atoms with Crippen molar-refractivity contribution in [2.24, 2.45) is 7.05 Å². The molecule has 1 aliphatic rings. The molecule has 4 heteroatoms. The summed E-state index contributed by atoms with van der Waals surface area (Å²) in [6.45, 7) is 4.46. The Morgan fingerprint density at radius 3 is 2.75 bits per heavy atom. The third-order valence-electron chi connectivity index (χ3n) is 3.31. The molecule has 0 radical (unpaired) electrons. The van der Waals surface area contributed by atoms with Gasteiger partial charge in [0, 0.05) is 13.0 Å². The van der Waals surface area contributed by atoms with Gasteiger partial charge in [-0.2, -0.15) is 5.10 Å². The van der Waals surface area contributed by atoms with E-state index < -0.39 is 0 Å². The molecule has 3 nitrogen and oxygen atoms in total. The van der Waals surface area contributed by atoms with Gasteiger partial charge in [-0.3, -0.25) is 4.68 Å². The summed E-state index contributed by atoms with van der Waals surface area (Å²) >= 11 is 3.73. The van der Waals surface area contributed by atoms with Crippen molar-refractivity contribution in [3.8, 4) is 0 Å². The van der Waals surface area contributed by atoms with Crippen LogP contribution in [0, 0.1) is 0 Å². The molecule has 0 amide bonds. The number of piperidine rings is 1. The Morgan fingerprint density at radius 1 is 1.44 bits per heavy atom. The van der Waals surface area contributed by atoms with Crippen LogP contribution in [0.25, 0.3) is 0 Å². The fourth-order valence-corrected chi connectivity index (χ4v) is 3.36. The Hall–Kier alpha value is -0.350. The Bertz CT molecular complexity index is 353. The van der Waals surface area contributed by atoms with E-state index >= 15 is 0 Å². The van der Waals surface area contributed by atoms with Crippen LogP contribution in [0.2, 0.25) is 0 Å². The zero-order chi connectivity index (χ0) is 11.5. The fourth-order valence-electron chi connectivity index (χ4n) is 2.50. The number of nitrogens with zero attached hydrogens (tertiary/aromatic N) is 2. The lowest BCUT2D eigenvalue weighted by Gasteiger charge is -2.23. The molecule has 0 aliphatic carbocycles. The monoisotopic (exact) mass is 285 g/mol. The first-order valence-electron chi connectivity index (χ1n) is 6.16. The topological polar surface area (TPSA) is 29.9 Å². The lowest BCUT2D eigenvalue weighted by atomic mass is 9.94. The van der Waals surface area contributed by atoms with Crippen LogP contribution >= 0.6 is 15.9 Å². The highest BCUT2D eigenvalue weighted by molar-refractivity contribution is 9.10. The number of halogens is 1. The maximum Gasteiger partial charge on any atom is 0.0769 e. The van der Waals surface area contributed by atoms with Gasteiger partial charge in [0.15, 0.2) is 0 Å². The Kier molecular flexibility index (Phi) is 4.03. The maximum absolute atomic E-state index is 4.62. The van der Waals surface area contributed by atoms with Gasteiger partial charge in [0.25, 0.3) is 0 Å². The van der Waals surface area contributed by atoms with E-state index in [2.05, 4.69) is 45.0 Å². The van der Waals surface area contributed by atoms with Gasteiger partial charge in [-0.25, -0.2) is 0 Å². The van der Waals surface area contributed by atoms with Crippen LogP contribution in [0.3, 0.4) is 0 Å². The van der Waals surface area contributed by atoms with Crippen molar-refractivity contribution in [2.75, 3.05) is 13.1 Å². The van der Waals surface area contributed by atoms with Gasteiger partial charge in [0.05, 0.1) is 15.9 Å². The number of nitrogens with one attached hydrogen (secondary N) is 1. The molecular weight excluding hydrogens is 266 g/mol. The Balaban J connectivity index is 2.24. The van der Waals surface area contributed by atoms with E-state index in [9.17, 15) is 0 Å². The highest BCUT2D eigenvalue weighted by atomic mass is 79.9. The first kappa shape index (κ1) is 12.1. The van der Waals surface area contributed by atoms with E-state index in [-0.39, 0.29) is 0 Å². The summed E-state index contributed by atoms with van der Waals surface area (Å²) in [7, 11) is 2.07. The van der Waals surface area contributed by atoms with Crippen molar-refractivity contribution >= 4 is 15.9 Å². The third kappa shape index (κ3) is 2.33. The second-order valence-electron chi connectivity index (χ2n) is 4.54. The zero-order valence-corrected chi connectivity index (χ0v) is 11.7. The van der Waals surface area contributed by atoms with Gasteiger partial charge >= 0.3 is 0 Å². The number of aryl methyl sites for hydroxylation is 2. The summed E-state index contributed by atoms with van der Waals surface area (Å²) in [6, 6.07) is 0. The van der Waals surface area contributed by atoms with Gasteiger partial charge in [0.2, 0.25) is 0 Å². The van der Waals surface area contributed by atoms with Crippen molar-refractivity contribution in [1.29, 1.82) is 0 Å². The zero-order valence-electron chi connectivity index (χ0n) is 10.1. The van der Waals surface area contributed by atoms with Crippen LogP contribution in [0.1, 0.15) is 43.5 Å². The molecule has 1 aromatic heterocycles. The van der Waals surface area contributed by atoms with E-state index in [0.717, 1.165) is 25.9 Å². The van der Waals surface area contributed by atoms with Gasteiger partial charge in [-0.1, -0.05) is 13.3 Å². The van der Waals surface area contributed by atoms with Crippen LogP contribution in [-0.4, -0.2) is 22.9 Å². The summed E-state index contributed by atoms with van der Waals surface area (Å²) in [5.41, 5.74) is 2.61. The van der Waals surface area contributed by atoms with Crippen molar-refractivity contribution < 1.29 is 0 Å². The molecule has 1 aromatic rings. The lowest BCUT2D eigenvalue weighted by molar-refractivity contribution is 0.438. The average Bonchev–Trinajstić information content (AvgIpc) is 2.56. The van der Waals surface area contributed by atoms with Crippen LogP contribution in [0.5, 0.6) is 0 Å². The average molecular weight is 286 g/mol. The molecule has 2 rings (SSSR count). The Morgan fingerprint density at radius 2 is 2.12 bits per heavy atom. The highest BCUT2D eigenvalue weighted by Crippen LogP contribution is 2.33. The minimum Gasteiger partial charge on any atom is -0.317 e. The molecule has 2 heterocycles. The molecule has 0 saturated carbocycles. The molecule has 0 atom stereocenters. The molecule has 16 heavy (non-hydrogen) atoms. The van der Waals surface area contributed by atoms with E-state index in [0.29, 0.717) is 5.92 Å². The van der Waals surface area contributed by atoms with Crippen LogP contribution in [0.15, 0.2) is 4.47 Å². The first-order chi connectivity index (χ1) is 7.74. The summed E-state index contributed by atoms with van der Waals surface area (Å²) in [5.74, 6) is 0.665. The first-order valence-corrected chi connectivity index (χ1v) is 6.95. The maximum atomic E-state index is 4.62. The summed E-state index contributed by atoms with van der Waals surface area (Å²) in [4.78, 5) is 0. The second-order valence-corrected chi connectivity index (χ2v) is 5.34. The van der Waals surface area contributed by atoms with Gasteiger partial charge in [-0.05, 0) is 48.3 Å². The minimum atomic E-state index is 0.665. The van der Waals surface area contributed by atoms with E-state index in [1.54, 1.807) is 0 Å². The van der Waals surface area contributed by atoms with Gasteiger partial charge in [0.1, 0.15) is 0 Å². The molecule has 1 fully saturated rings. The smallest absolute Gasteiger partial charge is 0.0769 e. The summed E-state index contributed by atoms with van der Waals surface area (Å²) < 4.78 is 3.33. The number of aromatic nitrogens is 2.